The van der Waals surface area contributed by atoms with Crippen LogP contribution in [0.3, 0.4) is 0 Å². The van der Waals surface area contributed by atoms with Gasteiger partial charge in [0, 0.05) is 144 Å². The summed E-state index contributed by atoms with van der Waals surface area (Å²) in [6.07, 6.45) is 0. The van der Waals surface area contributed by atoms with Crippen molar-refractivity contribution in [1.29, 1.82) is 0 Å². The zero-order valence-corrected chi connectivity index (χ0v) is 84.3. The molecule has 5 heterocycles. The van der Waals surface area contributed by atoms with Crippen LogP contribution in [0.15, 0.2) is 467 Å². The molecule has 1 aliphatic rings. The van der Waals surface area contributed by atoms with E-state index < -0.39 is 0 Å². The van der Waals surface area contributed by atoms with Gasteiger partial charge in [-0.05, 0) is 311 Å². The monoisotopic (exact) mass is 1930 g/mol. The molecule has 1 aliphatic carbocycles. The van der Waals surface area contributed by atoms with Gasteiger partial charge >= 0.3 is 0 Å². The van der Waals surface area contributed by atoms with E-state index in [1.165, 1.54) is 265 Å². The van der Waals surface area contributed by atoms with Gasteiger partial charge in [0.25, 0.3) is 0 Å². The smallest absolute Gasteiger partial charge is 0.0547 e. The fourth-order valence-electron chi connectivity index (χ4n) is 22.5. The average molecular weight is 1930 g/mol. The summed E-state index contributed by atoms with van der Waals surface area (Å²) in [6.45, 7) is 15.5. The van der Waals surface area contributed by atoms with Crippen LogP contribution in [0.5, 0.6) is 0 Å². The Kier molecular flexibility index (Phi) is 24.4. The van der Waals surface area contributed by atoms with Crippen LogP contribution in [-0.4, -0.2) is 22.8 Å². The van der Waals surface area contributed by atoms with Crippen molar-refractivity contribution >= 4 is 109 Å². The number of hydrogen-bond donors (Lipinski definition) is 0. The van der Waals surface area contributed by atoms with E-state index >= 15 is 0 Å². The Morgan fingerprint density at radius 3 is 0.845 bits per heavy atom. The second kappa shape index (κ2) is 37.8. The van der Waals surface area contributed by atoms with Crippen molar-refractivity contribution in [3.63, 3.8) is 0 Å². The molecular weight excluding hydrogens is 1830 g/mol. The SMILES string of the molecule is Cc1cc(-c2ccc3c4ccccc4n(-c4ccccc4)c3c2)ccc1-c1ccc2c3ccccc3n(-c3ccccc3)c2c1.Cc1cc(-n2c3ccc(-c4ccccc4)cc3c3cc(-c4ccccc4)ccc32)ccc1-n1c2ccc(-c3ccccc3)cc2c2cc(-c3ccccc3)ccc21.Cc1ccc2c(c1)-c1cc(C)ccc1C2c1ccc(-n2c3ccc(C)cc3c3cc(C)ccc32)cc1C.[V].[V].[V]. The second-order valence-corrected chi connectivity index (χ2v) is 37.9. The van der Waals surface area contributed by atoms with Crippen LogP contribution in [0.4, 0.5) is 0 Å². The number of rotatable bonds is 12. The summed E-state index contributed by atoms with van der Waals surface area (Å²) in [5.41, 5.74) is 48.8. The molecule has 0 saturated heterocycles. The molecule has 3 radical (unpaired) electrons. The molecule has 5 aromatic heterocycles. The normalized spacial score (nSPS) is 11.7. The van der Waals surface area contributed by atoms with Crippen molar-refractivity contribution in [3.8, 4) is 106 Å². The van der Waals surface area contributed by atoms with E-state index in [2.05, 4.69) is 538 Å². The number of aryl methyl sites for hydroxylation is 7. The minimum atomic E-state index is 0. The maximum Gasteiger partial charge on any atom is 0.0547 e. The van der Waals surface area contributed by atoms with E-state index in [0.29, 0.717) is 0 Å². The molecule has 0 spiro atoms. The molecule has 21 aromatic carbocycles. The summed E-state index contributed by atoms with van der Waals surface area (Å²) in [6, 6.07) is 172. The first-order chi connectivity index (χ1) is 68.3. The molecule has 0 amide bonds. The van der Waals surface area contributed by atoms with E-state index in [9.17, 15) is 0 Å². The first-order valence-electron chi connectivity index (χ1n) is 48.4. The third kappa shape index (κ3) is 16.1. The van der Waals surface area contributed by atoms with E-state index in [0.717, 1.165) is 5.69 Å². The summed E-state index contributed by atoms with van der Waals surface area (Å²) >= 11 is 0. The molecule has 27 rings (SSSR count). The van der Waals surface area contributed by atoms with E-state index in [1.54, 1.807) is 0 Å². The third-order valence-electron chi connectivity index (χ3n) is 29.1. The van der Waals surface area contributed by atoms with Gasteiger partial charge in [-0.25, -0.2) is 0 Å². The topological polar surface area (TPSA) is 24.6 Å². The number of para-hydroxylation sites is 4. The average Bonchev–Trinajstić information content (AvgIpc) is 1.58. The van der Waals surface area contributed by atoms with Gasteiger partial charge in [0.2, 0.25) is 0 Å². The standard InChI is InChI=1S/C55H38N2.C43H30N2.C36H31N.3V/c1-37-32-46(56-52-27-22-42(38-14-6-2-7-15-38)33-47(52)48-34-43(23-28-53(48)56)39-16-8-3-9-17-39)26-31-51(37)57-54-29-24-44(40-18-10-4-11-19-40)35-49(54)50-36-45(25-30-55(50)57)41-20-12-5-13-21-41;1-29-26-30(31-21-24-38-36-16-8-10-18-40(36)44(42(38)27-31)33-12-4-2-5-13-33)20-23-35(29)32-22-25-39-37-17-9-11-19-41(37)45(43(39)28-32)34-14-6-3-7-15-34;1-21-6-11-28-30(16-21)31-17-22(2)7-12-29(31)36(28)27-13-10-26(20-25(27)5)37-34-14-8-23(3)18-32(34)33-19-24(4)9-15-35(33)37;;;/h2-36H,1H3;2-28H,1H3;6-20,36H,1-5H3;;;. The zero-order valence-electron chi connectivity index (χ0n) is 80.1. The molecule has 0 fully saturated rings. The van der Waals surface area contributed by atoms with Gasteiger partial charge in [-0.15, -0.1) is 0 Å². The van der Waals surface area contributed by atoms with Crippen LogP contribution in [-0.2, 0) is 55.7 Å². The van der Waals surface area contributed by atoms with Gasteiger partial charge in [0.15, 0.2) is 0 Å². The number of aromatic nitrogens is 5. The van der Waals surface area contributed by atoms with Gasteiger partial charge in [-0.2, -0.15) is 0 Å². The molecule has 0 atom stereocenters. The number of benzene rings is 21. The van der Waals surface area contributed by atoms with Crippen LogP contribution in [0.1, 0.15) is 61.6 Å². The van der Waals surface area contributed by atoms with Crippen LogP contribution in [0.25, 0.3) is 215 Å². The molecular formula is C134H99N5V3. The fraction of sp³-hybridized carbons (Fsp3) is 0.0597. The van der Waals surface area contributed by atoms with Crippen molar-refractivity contribution < 1.29 is 55.7 Å². The molecule has 8 heteroatoms. The van der Waals surface area contributed by atoms with Crippen LogP contribution >= 0.6 is 0 Å². The maximum atomic E-state index is 2.46. The molecule has 5 nitrogen and oxygen atoms in total. The Balaban J connectivity index is 0.000000124. The Bertz CT molecular complexity index is 9090. The van der Waals surface area contributed by atoms with Crippen LogP contribution in [0.2, 0.25) is 0 Å². The van der Waals surface area contributed by atoms with Gasteiger partial charge in [-0.1, -0.05) is 338 Å². The summed E-state index contributed by atoms with van der Waals surface area (Å²) in [4.78, 5) is 0. The molecule has 0 aliphatic heterocycles. The predicted octanol–water partition coefficient (Wildman–Crippen LogP) is 35.9. The van der Waals surface area contributed by atoms with Crippen molar-refractivity contribution in [3.05, 3.63) is 523 Å². The first-order valence-corrected chi connectivity index (χ1v) is 48.4. The molecule has 0 unspecified atom stereocenters. The van der Waals surface area contributed by atoms with E-state index in [1.807, 2.05) is 0 Å². The summed E-state index contributed by atoms with van der Waals surface area (Å²) in [7, 11) is 0. The number of nitrogens with zero attached hydrogens (tertiary/aromatic N) is 5. The summed E-state index contributed by atoms with van der Waals surface area (Å²) in [5, 5.41) is 12.7. The van der Waals surface area contributed by atoms with E-state index in [4.69, 9.17) is 0 Å². The number of hydrogen-bond acceptors (Lipinski definition) is 0. The molecule has 0 saturated carbocycles. The van der Waals surface area contributed by atoms with Crippen LogP contribution < -0.4 is 0 Å². The summed E-state index contributed by atoms with van der Waals surface area (Å²) in [5.74, 6) is 0.267. The minimum Gasteiger partial charge on any atom is -0.309 e. The Labute approximate surface area is 863 Å². The Hall–Kier alpha value is -15.6. The van der Waals surface area contributed by atoms with Crippen molar-refractivity contribution in [2.24, 2.45) is 0 Å². The first kappa shape index (κ1) is 91.5. The van der Waals surface area contributed by atoms with Gasteiger partial charge < -0.3 is 22.8 Å². The van der Waals surface area contributed by atoms with Crippen molar-refractivity contribution in [2.75, 3.05) is 0 Å². The third-order valence-corrected chi connectivity index (χ3v) is 29.1. The van der Waals surface area contributed by atoms with Crippen molar-refractivity contribution in [1.82, 2.24) is 22.8 Å². The minimum absolute atomic E-state index is 0. The second-order valence-electron chi connectivity index (χ2n) is 37.9. The quantitative estimate of drug-likeness (QED) is 0.116. The molecule has 26 aromatic rings. The Morgan fingerprint density at radius 1 is 0.148 bits per heavy atom. The molecule has 0 N–H and O–H groups in total. The summed E-state index contributed by atoms with van der Waals surface area (Å²) < 4.78 is 12.1. The zero-order chi connectivity index (χ0) is 93.2. The molecule has 142 heavy (non-hydrogen) atoms. The van der Waals surface area contributed by atoms with Crippen molar-refractivity contribution in [2.45, 2.75) is 54.4 Å². The number of fused-ring (bicyclic) bond motifs is 18. The Morgan fingerprint density at radius 2 is 0.437 bits per heavy atom. The fourth-order valence-corrected chi connectivity index (χ4v) is 22.5. The largest absolute Gasteiger partial charge is 0.309 e. The van der Waals surface area contributed by atoms with E-state index in [-0.39, 0.29) is 61.6 Å². The van der Waals surface area contributed by atoms with Crippen LogP contribution in [0, 0.1) is 48.5 Å². The molecule has 0 bridgehead atoms. The molecule has 675 valence electrons. The van der Waals surface area contributed by atoms with Gasteiger partial charge in [-0.3, -0.25) is 0 Å². The maximum absolute atomic E-state index is 2.46. The predicted molar refractivity (Wildman–Crippen MR) is 590 cm³/mol. The van der Waals surface area contributed by atoms with Gasteiger partial charge in [0.1, 0.15) is 0 Å². The van der Waals surface area contributed by atoms with Gasteiger partial charge in [0.05, 0.1) is 55.2 Å².